The number of rotatable bonds is 5. The van der Waals surface area contributed by atoms with Gasteiger partial charge in [0.15, 0.2) is 5.78 Å². The van der Waals surface area contributed by atoms with Crippen LogP contribution in [0.3, 0.4) is 0 Å². The number of Topliss-reactive ketones (excluding diaryl/α,β-unsaturated/α-hetero) is 1. The molecule has 18 heavy (non-hydrogen) atoms. The third-order valence-electron chi connectivity index (χ3n) is 2.68. The fraction of sp³-hybridized carbons (Fsp3) is 0.286. The Kier molecular flexibility index (Phi) is 4.20. The maximum Gasteiger partial charge on any atom is 0.159 e. The lowest BCUT2D eigenvalue weighted by Gasteiger charge is -2.01. The average molecular weight is 260 g/mol. The molecule has 0 bridgehead atoms. The molecule has 1 aromatic carbocycles. The van der Waals surface area contributed by atoms with Crippen LogP contribution in [0.1, 0.15) is 22.8 Å². The molecule has 94 valence electrons. The lowest BCUT2D eigenvalue weighted by molar-refractivity contribution is 0.101. The van der Waals surface area contributed by atoms with Gasteiger partial charge in [0.1, 0.15) is 0 Å². The SMILES string of the molecule is CC(=O)c1ccc(SCCc2cnn(C)c2)cc1. The molecule has 0 aliphatic heterocycles. The second kappa shape index (κ2) is 5.87. The van der Waals surface area contributed by atoms with Crippen LogP contribution < -0.4 is 0 Å². The number of ketones is 1. The zero-order valence-electron chi connectivity index (χ0n) is 10.6. The summed E-state index contributed by atoms with van der Waals surface area (Å²) >= 11 is 1.80. The minimum absolute atomic E-state index is 0.113. The summed E-state index contributed by atoms with van der Waals surface area (Å²) in [5, 5.41) is 4.14. The van der Waals surface area contributed by atoms with Crippen molar-refractivity contribution in [2.75, 3.05) is 5.75 Å². The number of aromatic nitrogens is 2. The van der Waals surface area contributed by atoms with Gasteiger partial charge in [-0.05, 0) is 31.0 Å². The molecule has 2 aromatic rings. The van der Waals surface area contributed by atoms with Crippen LogP contribution in [0.25, 0.3) is 0 Å². The van der Waals surface area contributed by atoms with Crippen molar-refractivity contribution in [3.05, 3.63) is 47.8 Å². The van der Waals surface area contributed by atoms with E-state index in [0.29, 0.717) is 0 Å². The number of nitrogens with zero attached hydrogens (tertiary/aromatic N) is 2. The molecule has 1 aromatic heterocycles. The molecule has 0 unspecified atom stereocenters. The third-order valence-corrected chi connectivity index (χ3v) is 3.69. The first-order valence-electron chi connectivity index (χ1n) is 5.86. The second-order valence-electron chi connectivity index (χ2n) is 4.20. The Hall–Kier alpha value is -1.55. The Morgan fingerprint density at radius 2 is 2.06 bits per heavy atom. The van der Waals surface area contributed by atoms with Gasteiger partial charge in [-0.15, -0.1) is 11.8 Å². The van der Waals surface area contributed by atoms with E-state index >= 15 is 0 Å². The van der Waals surface area contributed by atoms with Crippen molar-refractivity contribution in [3.63, 3.8) is 0 Å². The van der Waals surface area contributed by atoms with E-state index < -0.39 is 0 Å². The minimum Gasteiger partial charge on any atom is -0.295 e. The van der Waals surface area contributed by atoms with E-state index in [1.165, 1.54) is 10.5 Å². The number of aryl methyl sites for hydroxylation is 2. The van der Waals surface area contributed by atoms with Gasteiger partial charge in [0.2, 0.25) is 0 Å². The van der Waals surface area contributed by atoms with E-state index in [-0.39, 0.29) is 5.78 Å². The van der Waals surface area contributed by atoms with Crippen LogP contribution in [-0.4, -0.2) is 21.3 Å². The molecule has 0 aliphatic carbocycles. The maximum absolute atomic E-state index is 11.1. The topological polar surface area (TPSA) is 34.9 Å². The van der Waals surface area contributed by atoms with Gasteiger partial charge in [-0.3, -0.25) is 9.48 Å². The Balaban J connectivity index is 1.85. The lowest BCUT2D eigenvalue weighted by Crippen LogP contribution is -1.91. The Bertz CT molecular complexity index is 531. The largest absolute Gasteiger partial charge is 0.295 e. The maximum atomic E-state index is 11.1. The average Bonchev–Trinajstić information content (AvgIpc) is 2.76. The number of thioether (sulfide) groups is 1. The van der Waals surface area contributed by atoms with Crippen LogP contribution in [-0.2, 0) is 13.5 Å². The third kappa shape index (κ3) is 3.47. The molecule has 0 N–H and O–H groups in total. The van der Waals surface area contributed by atoms with E-state index in [0.717, 1.165) is 17.7 Å². The summed E-state index contributed by atoms with van der Waals surface area (Å²) in [5.74, 6) is 1.13. The summed E-state index contributed by atoms with van der Waals surface area (Å²) in [6, 6.07) is 7.78. The van der Waals surface area contributed by atoms with Gasteiger partial charge < -0.3 is 0 Å². The van der Waals surface area contributed by atoms with Gasteiger partial charge >= 0.3 is 0 Å². The van der Waals surface area contributed by atoms with Crippen molar-refractivity contribution in [2.45, 2.75) is 18.2 Å². The van der Waals surface area contributed by atoms with Crippen molar-refractivity contribution in [1.82, 2.24) is 9.78 Å². The Morgan fingerprint density at radius 1 is 1.33 bits per heavy atom. The summed E-state index contributed by atoms with van der Waals surface area (Å²) in [7, 11) is 1.93. The second-order valence-corrected chi connectivity index (χ2v) is 5.37. The zero-order valence-corrected chi connectivity index (χ0v) is 11.4. The monoisotopic (exact) mass is 260 g/mol. The summed E-state index contributed by atoms with van der Waals surface area (Å²) < 4.78 is 1.82. The van der Waals surface area contributed by atoms with Crippen LogP contribution in [0.15, 0.2) is 41.6 Å². The quantitative estimate of drug-likeness (QED) is 0.612. The number of carbonyl (C=O) groups is 1. The number of hydrogen-bond acceptors (Lipinski definition) is 3. The highest BCUT2D eigenvalue weighted by Gasteiger charge is 2.00. The molecular formula is C14H16N2OS. The molecule has 0 fully saturated rings. The van der Waals surface area contributed by atoms with E-state index in [2.05, 4.69) is 5.10 Å². The molecule has 3 nitrogen and oxygen atoms in total. The number of carbonyl (C=O) groups excluding carboxylic acids is 1. The highest BCUT2D eigenvalue weighted by molar-refractivity contribution is 7.99. The molecule has 0 spiro atoms. The Labute approximate surface area is 111 Å². The van der Waals surface area contributed by atoms with E-state index in [4.69, 9.17) is 0 Å². The zero-order chi connectivity index (χ0) is 13.0. The van der Waals surface area contributed by atoms with Gasteiger partial charge in [-0.1, -0.05) is 12.1 Å². The summed E-state index contributed by atoms with van der Waals surface area (Å²) in [5.41, 5.74) is 2.02. The molecule has 0 saturated carbocycles. The van der Waals surface area contributed by atoms with Gasteiger partial charge in [0.25, 0.3) is 0 Å². The Morgan fingerprint density at radius 3 is 2.61 bits per heavy atom. The predicted molar refractivity (Wildman–Crippen MR) is 74.1 cm³/mol. The molecule has 2 rings (SSSR count). The molecule has 0 radical (unpaired) electrons. The first-order valence-corrected chi connectivity index (χ1v) is 6.85. The van der Waals surface area contributed by atoms with Crippen molar-refractivity contribution in [1.29, 1.82) is 0 Å². The van der Waals surface area contributed by atoms with Crippen LogP contribution >= 0.6 is 11.8 Å². The fourth-order valence-corrected chi connectivity index (χ4v) is 2.58. The molecule has 4 heteroatoms. The van der Waals surface area contributed by atoms with Crippen LogP contribution in [0.2, 0.25) is 0 Å². The smallest absolute Gasteiger partial charge is 0.159 e. The summed E-state index contributed by atoms with van der Waals surface area (Å²) in [4.78, 5) is 12.3. The highest BCUT2D eigenvalue weighted by Crippen LogP contribution is 2.19. The molecule has 0 atom stereocenters. The molecule has 0 amide bonds. The molecule has 0 aliphatic rings. The number of hydrogen-bond donors (Lipinski definition) is 0. The van der Waals surface area contributed by atoms with Crippen LogP contribution in [0.4, 0.5) is 0 Å². The summed E-state index contributed by atoms with van der Waals surface area (Å²) in [6.45, 7) is 1.59. The van der Waals surface area contributed by atoms with Crippen molar-refractivity contribution >= 4 is 17.5 Å². The van der Waals surface area contributed by atoms with E-state index in [1.54, 1.807) is 18.7 Å². The van der Waals surface area contributed by atoms with Crippen LogP contribution in [0.5, 0.6) is 0 Å². The van der Waals surface area contributed by atoms with Gasteiger partial charge in [0.05, 0.1) is 6.20 Å². The van der Waals surface area contributed by atoms with E-state index in [9.17, 15) is 4.79 Å². The standard InChI is InChI=1S/C14H16N2OS/c1-11(17)13-3-5-14(6-4-13)18-8-7-12-9-15-16(2)10-12/h3-6,9-10H,7-8H2,1-2H3. The molecule has 1 heterocycles. The number of benzene rings is 1. The first-order chi connectivity index (χ1) is 8.65. The predicted octanol–water partition coefficient (Wildman–Crippen LogP) is 2.96. The van der Waals surface area contributed by atoms with Crippen molar-refractivity contribution < 1.29 is 4.79 Å². The summed E-state index contributed by atoms with van der Waals surface area (Å²) in [6.07, 6.45) is 4.95. The van der Waals surface area contributed by atoms with Crippen molar-refractivity contribution in [2.24, 2.45) is 7.05 Å². The van der Waals surface area contributed by atoms with E-state index in [1.807, 2.05) is 48.4 Å². The fourth-order valence-electron chi connectivity index (χ4n) is 1.67. The van der Waals surface area contributed by atoms with Crippen LogP contribution in [0, 0.1) is 0 Å². The van der Waals surface area contributed by atoms with Gasteiger partial charge in [-0.25, -0.2) is 0 Å². The van der Waals surface area contributed by atoms with Crippen molar-refractivity contribution in [3.8, 4) is 0 Å². The molecule has 0 saturated heterocycles. The van der Waals surface area contributed by atoms with Gasteiger partial charge in [0, 0.05) is 29.5 Å². The first kappa shape index (κ1) is 12.9. The molecular weight excluding hydrogens is 244 g/mol. The lowest BCUT2D eigenvalue weighted by atomic mass is 10.2. The normalized spacial score (nSPS) is 10.6. The van der Waals surface area contributed by atoms with Gasteiger partial charge in [-0.2, -0.15) is 5.10 Å². The minimum atomic E-state index is 0.113. The highest BCUT2D eigenvalue weighted by atomic mass is 32.2.